The van der Waals surface area contributed by atoms with Crippen LogP contribution in [0.4, 0.5) is 5.95 Å². The highest BCUT2D eigenvalue weighted by molar-refractivity contribution is 6.06. The number of para-hydroxylation sites is 3. The molecule has 2 aromatic carbocycles. The molecule has 0 fully saturated rings. The maximum absolute atomic E-state index is 12.4. The van der Waals surface area contributed by atoms with Crippen molar-refractivity contribution in [3.8, 4) is 0 Å². The molecule has 0 spiro atoms. The number of hydrogen-bond acceptors (Lipinski definition) is 4. The van der Waals surface area contributed by atoms with E-state index in [9.17, 15) is 9.59 Å². The van der Waals surface area contributed by atoms with Crippen molar-refractivity contribution in [1.29, 1.82) is 0 Å². The van der Waals surface area contributed by atoms with Gasteiger partial charge in [-0.05, 0) is 18.2 Å². The van der Waals surface area contributed by atoms with Crippen molar-refractivity contribution in [2.24, 2.45) is 0 Å². The zero-order valence-corrected chi connectivity index (χ0v) is 12.5. The number of amides is 1. The Balaban J connectivity index is 1.61. The van der Waals surface area contributed by atoms with E-state index >= 15 is 0 Å². The molecule has 118 valence electrons. The molecule has 0 saturated carbocycles. The third-order valence-corrected chi connectivity index (χ3v) is 3.68. The number of H-pyrrole nitrogens is 2. The minimum atomic E-state index is -0.419. The zero-order valence-electron chi connectivity index (χ0n) is 12.5. The number of hydrazine groups is 1. The maximum Gasteiger partial charge on any atom is 0.270 e. The van der Waals surface area contributed by atoms with Gasteiger partial charge in [-0.2, -0.15) is 0 Å². The molecule has 0 bridgehead atoms. The molecular weight excluding hydrogens is 306 g/mol. The van der Waals surface area contributed by atoms with Crippen LogP contribution in [0.5, 0.6) is 0 Å². The normalized spacial score (nSPS) is 10.8. The number of aromatic nitrogens is 3. The van der Waals surface area contributed by atoms with E-state index in [0.717, 1.165) is 11.0 Å². The van der Waals surface area contributed by atoms with Crippen molar-refractivity contribution in [3.63, 3.8) is 0 Å². The van der Waals surface area contributed by atoms with Gasteiger partial charge in [-0.25, -0.2) is 4.98 Å². The molecule has 7 heteroatoms. The molecule has 7 nitrogen and oxygen atoms in total. The van der Waals surface area contributed by atoms with Crippen molar-refractivity contribution in [2.75, 3.05) is 5.43 Å². The standard InChI is InChI=1S/C17H13N5O2/c23-15-9-11(10-5-1-2-6-12(10)18-15)16(24)21-22-17-19-13-7-3-4-8-14(13)20-17/h1-9H,(H,18,23)(H,21,24)(H2,19,20,22). The van der Waals surface area contributed by atoms with Crippen LogP contribution in [0.2, 0.25) is 0 Å². The number of aromatic amines is 2. The number of imidazole rings is 1. The van der Waals surface area contributed by atoms with E-state index in [-0.39, 0.29) is 11.1 Å². The number of pyridine rings is 1. The summed E-state index contributed by atoms with van der Waals surface area (Å²) in [4.78, 5) is 34.2. The summed E-state index contributed by atoms with van der Waals surface area (Å²) in [5.74, 6) is -0.00328. The molecule has 4 N–H and O–H groups in total. The number of benzene rings is 2. The van der Waals surface area contributed by atoms with Crippen molar-refractivity contribution in [1.82, 2.24) is 20.4 Å². The van der Waals surface area contributed by atoms with E-state index < -0.39 is 5.91 Å². The van der Waals surface area contributed by atoms with Gasteiger partial charge in [0.05, 0.1) is 16.6 Å². The molecule has 4 rings (SSSR count). The summed E-state index contributed by atoms with van der Waals surface area (Å²) in [7, 11) is 0. The number of nitrogens with zero attached hydrogens (tertiary/aromatic N) is 1. The van der Waals surface area contributed by atoms with E-state index in [1.54, 1.807) is 18.2 Å². The summed E-state index contributed by atoms with van der Waals surface area (Å²) >= 11 is 0. The fraction of sp³-hybridized carbons (Fsp3) is 0. The van der Waals surface area contributed by atoms with Gasteiger partial charge in [0.1, 0.15) is 0 Å². The smallest absolute Gasteiger partial charge is 0.270 e. The topological polar surface area (TPSA) is 103 Å². The van der Waals surface area contributed by atoms with Crippen molar-refractivity contribution < 1.29 is 4.79 Å². The average molecular weight is 319 g/mol. The minimum Gasteiger partial charge on any atom is -0.323 e. The van der Waals surface area contributed by atoms with Gasteiger partial charge in [-0.3, -0.25) is 20.4 Å². The second kappa shape index (κ2) is 5.54. The van der Waals surface area contributed by atoms with Crippen LogP contribution in [0, 0.1) is 0 Å². The fourth-order valence-electron chi connectivity index (χ4n) is 2.59. The first-order valence-electron chi connectivity index (χ1n) is 7.34. The van der Waals surface area contributed by atoms with Crippen LogP contribution in [0.1, 0.15) is 10.4 Å². The third kappa shape index (κ3) is 2.48. The molecular formula is C17H13N5O2. The Hall–Kier alpha value is -3.61. The molecule has 2 aromatic heterocycles. The fourth-order valence-corrected chi connectivity index (χ4v) is 2.59. The second-order valence-electron chi connectivity index (χ2n) is 5.27. The van der Waals surface area contributed by atoms with Gasteiger partial charge < -0.3 is 9.97 Å². The molecule has 2 heterocycles. The van der Waals surface area contributed by atoms with Crippen LogP contribution in [0.3, 0.4) is 0 Å². The SMILES string of the molecule is O=C(NNc1nc2ccccc2[nH]1)c1cc(=O)[nH]c2ccccc12. The van der Waals surface area contributed by atoms with Gasteiger partial charge >= 0.3 is 0 Å². The molecule has 1 amide bonds. The molecule has 0 aliphatic rings. The first-order chi connectivity index (χ1) is 11.7. The number of fused-ring (bicyclic) bond motifs is 2. The largest absolute Gasteiger partial charge is 0.323 e. The van der Waals surface area contributed by atoms with E-state index in [1.165, 1.54) is 6.07 Å². The summed E-state index contributed by atoms with van der Waals surface area (Å²) < 4.78 is 0. The molecule has 0 unspecified atom stereocenters. The van der Waals surface area contributed by atoms with Gasteiger partial charge in [0.2, 0.25) is 11.5 Å². The number of carbonyl (C=O) groups is 1. The second-order valence-corrected chi connectivity index (χ2v) is 5.27. The lowest BCUT2D eigenvalue weighted by Crippen LogP contribution is -2.31. The Kier molecular flexibility index (Phi) is 3.24. The zero-order chi connectivity index (χ0) is 16.5. The highest BCUT2D eigenvalue weighted by Gasteiger charge is 2.12. The highest BCUT2D eigenvalue weighted by atomic mass is 16.2. The van der Waals surface area contributed by atoms with Crippen LogP contribution in [0.25, 0.3) is 21.9 Å². The number of nitrogens with one attached hydrogen (secondary N) is 4. The number of anilines is 1. The van der Waals surface area contributed by atoms with Crippen molar-refractivity contribution in [2.45, 2.75) is 0 Å². The summed E-state index contributed by atoms with van der Waals surface area (Å²) in [6.07, 6.45) is 0. The van der Waals surface area contributed by atoms with Crippen molar-refractivity contribution >= 4 is 33.8 Å². The van der Waals surface area contributed by atoms with E-state index in [4.69, 9.17) is 0 Å². The lowest BCUT2D eigenvalue weighted by Gasteiger charge is -2.08. The molecule has 0 aliphatic carbocycles. The Labute approximate surface area is 135 Å². The van der Waals surface area contributed by atoms with Crippen LogP contribution in [-0.2, 0) is 0 Å². The van der Waals surface area contributed by atoms with Crippen LogP contribution in [-0.4, -0.2) is 20.9 Å². The summed E-state index contributed by atoms with van der Waals surface area (Å²) in [5, 5.41) is 0.668. The summed E-state index contributed by atoms with van der Waals surface area (Å²) in [6, 6.07) is 15.9. The highest BCUT2D eigenvalue weighted by Crippen LogP contribution is 2.15. The number of hydrogen-bond donors (Lipinski definition) is 4. The Morgan fingerprint density at radius 3 is 2.54 bits per heavy atom. The van der Waals surface area contributed by atoms with E-state index in [2.05, 4.69) is 25.8 Å². The summed E-state index contributed by atoms with van der Waals surface area (Å²) in [6.45, 7) is 0. The van der Waals surface area contributed by atoms with Crippen molar-refractivity contribution in [3.05, 3.63) is 70.5 Å². The first kappa shape index (κ1) is 14.0. The Morgan fingerprint density at radius 2 is 1.71 bits per heavy atom. The van der Waals surface area contributed by atoms with Gasteiger partial charge in [0.25, 0.3) is 5.91 Å². The minimum absolute atomic E-state index is 0.290. The molecule has 0 atom stereocenters. The predicted octanol–water partition coefficient (Wildman–Crippen LogP) is 2.16. The number of rotatable bonds is 3. The van der Waals surface area contributed by atoms with E-state index in [0.29, 0.717) is 16.9 Å². The van der Waals surface area contributed by atoms with E-state index in [1.807, 2.05) is 30.3 Å². The average Bonchev–Trinajstić information content (AvgIpc) is 3.02. The molecule has 0 aliphatic heterocycles. The Bertz CT molecular complexity index is 1080. The van der Waals surface area contributed by atoms with Crippen LogP contribution < -0.4 is 16.4 Å². The Morgan fingerprint density at radius 1 is 0.958 bits per heavy atom. The number of carbonyl (C=O) groups excluding carboxylic acids is 1. The van der Waals surface area contributed by atoms with Gasteiger partial charge in [-0.15, -0.1) is 0 Å². The monoisotopic (exact) mass is 319 g/mol. The first-order valence-corrected chi connectivity index (χ1v) is 7.34. The van der Waals surface area contributed by atoms with Crippen LogP contribution in [0.15, 0.2) is 59.4 Å². The van der Waals surface area contributed by atoms with Gasteiger partial charge in [0, 0.05) is 17.0 Å². The lowest BCUT2D eigenvalue weighted by atomic mass is 10.1. The molecule has 24 heavy (non-hydrogen) atoms. The predicted molar refractivity (Wildman–Crippen MR) is 91.8 cm³/mol. The van der Waals surface area contributed by atoms with Gasteiger partial charge in [-0.1, -0.05) is 30.3 Å². The van der Waals surface area contributed by atoms with Gasteiger partial charge in [0.15, 0.2) is 0 Å². The summed E-state index contributed by atoms with van der Waals surface area (Å²) in [5.41, 5.74) is 7.51. The lowest BCUT2D eigenvalue weighted by molar-refractivity contribution is 0.0964. The maximum atomic E-state index is 12.4. The molecule has 0 saturated heterocycles. The quantitative estimate of drug-likeness (QED) is 0.434. The third-order valence-electron chi connectivity index (χ3n) is 3.68. The molecule has 0 radical (unpaired) electrons. The van der Waals surface area contributed by atoms with Crippen LogP contribution >= 0.6 is 0 Å². The molecule has 4 aromatic rings.